The summed E-state index contributed by atoms with van der Waals surface area (Å²) in [5.74, 6) is 0.625. The van der Waals surface area contributed by atoms with Gasteiger partial charge in [-0.05, 0) is 42.2 Å². The zero-order valence-electron chi connectivity index (χ0n) is 17.6. The molecule has 11 heteroatoms. The van der Waals surface area contributed by atoms with Gasteiger partial charge in [0.05, 0.1) is 31.5 Å². The third kappa shape index (κ3) is 4.92. The van der Waals surface area contributed by atoms with E-state index in [-0.39, 0.29) is 24.8 Å². The SMILES string of the molecule is CC(=O)NCC1CN(c2ccc(N3CCC(Cc4nnn(C)n4)CC3)c(F)c2)C(=O)O1. The minimum absolute atomic E-state index is 0.193. The van der Waals surface area contributed by atoms with Gasteiger partial charge in [0.1, 0.15) is 11.9 Å². The monoisotopic (exact) mass is 431 g/mol. The Morgan fingerprint density at radius 3 is 2.74 bits per heavy atom. The van der Waals surface area contributed by atoms with Gasteiger partial charge in [0, 0.05) is 26.4 Å². The summed E-state index contributed by atoms with van der Waals surface area (Å²) in [6.07, 6.45) is 1.62. The zero-order valence-corrected chi connectivity index (χ0v) is 17.6. The van der Waals surface area contributed by atoms with Gasteiger partial charge in [-0.3, -0.25) is 9.69 Å². The number of carbonyl (C=O) groups excluding carboxylic acids is 2. The van der Waals surface area contributed by atoms with Gasteiger partial charge >= 0.3 is 6.09 Å². The van der Waals surface area contributed by atoms with Crippen LogP contribution in [0.4, 0.5) is 20.6 Å². The Kier molecular flexibility index (Phi) is 6.01. The molecular formula is C20H26FN7O3. The number of carbonyl (C=O) groups is 2. The molecule has 2 aromatic rings. The molecule has 0 bridgehead atoms. The first-order valence-electron chi connectivity index (χ1n) is 10.4. The number of ether oxygens (including phenoxy) is 1. The van der Waals surface area contributed by atoms with E-state index in [0.717, 1.165) is 38.2 Å². The molecule has 1 aromatic heterocycles. The molecule has 10 nitrogen and oxygen atoms in total. The fourth-order valence-electron chi connectivity index (χ4n) is 4.06. The molecule has 0 aliphatic carbocycles. The number of nitrogens with one attached hydrogen (secondary N) is 1. The number of cyclic esters (lactones) is 1. The van der Waals surface area contributed by atoms with Gasteiger partial charge in [-0.1, -0.05) is 0 Å². The number of hydrogen-bond donors (Lipinski definition) is 1. The topological polar surface area (TPSA) is 105 Å². The first-order valence-corrected chi connectivity index (χ1v) is 10.4. The van der Waals surface area contributed by atoms with E-state index in [9.17, 15) is 14.0 Å². The van der Waals surface area contributed by atoms with Crippen molar-refractivity contribution < 1.29 is 18.7 Å². The lowest BCUT2D eigenvalue weighted by atomic mass is 9.93. The molecule has 2 fully saturated rings. The molecule has 1 N–H and O–H groups in total. The number of amides is 2. The van der Waals surface area contributed by atoms with Crippen molar-refractivity contribution in [1.29, 1.82) is 0 Å². The number of aromatic nitrogens is 4. The van der Waals surface area contributed by atoms with Crippen molar-refractivity contribution in [2.24, 2.45) is 13.0 Å². The van der Waals surface area contributed by atoms with Crippen LogP contribution in [0, 0.1) is 11.7 Å². The lowest BCUT2D eigenvalue weighted by Crippen LogP contribution is -2.35. The van der Waals surface area contributed by atoms with Gasteiger partial charge in [0.25, 0.3) is 0 Å². The molecule has 2 aliphatic heterocycles. The van der Waals surface area contributed by atoms with Gasteiger partial charge in [-0.2, -0.15) is 4.80 Å². The molecule has 4 rings (SSSR count). The number of halogens is 1. The van der Waals surface area contributed by atoms with Crippen LogP contribution in [0.1, 0.15) is 25.6 Å². The normalized spacial score (nSPS) is 19.6. The maximum Gasteiger partial charge on any atom is 0.414 e. The highest BCUT2D eigenvalue weighted by Crippen LogP contribution is 2.31. The number of benzene rings is 1. The summed E-state index contributed by atoms with van der Waals surface area (Å²) in [5.41, 5.74) is 0.974. The standard InChI is InChI=1S/C20H26FN7O3/c1-13(29)22-11-16-12-28(20(30)31-16)15-3-4-18(17(21)10-15)27-7-5-14(6-8-27)9-19-23-25-26(2)24-19/h3-4,10,14,16H,5-9,11-12H2,1-2H3,(H,22,29). The van der Waals surface area contributed by atoms with Crippen molar-refractivity contribution >= 4 is 23.4 Å². The van der Waals surface area contributed by atoms with Crippen LogP contribution < -0.4 is 15.1 Å². The van der Waals surface area contributed by atoms with Crippen molar-refractivity contribution in [3.8, 4) is 0 Å². The van der Waals surface area contributed by atoms with Gasteiger partial charge in [-0.15, -0.1) is 10.2 Å². The highest BCUT2D eigenvalue weighted by molar-refractivity contribution is 5.90. The van der Waals surface area contributed by atoms with Crippen LogP contribution in [-0.2, 0) is 23.0 Å². The van der Waals surface area contributed by atoms with E-state index in [0.29, 0.717) is 17.3 Å². The van der Waals surface area contributed by atoms with Crippen LogP contribution in [0.15, 0.2) is 18.2 Å². The Morgan fingerprint density at radius 1 is 1.32 bits per heavy atom. The van der Waals surface area contributed by atoms with Crippen molar-refractivity contribution in [2.75, 3.05) is 36.0 Å². The highest BCUT2D eigenvalue weighted by atomic mass is 19.1. The number of nitrogens with zero attached hydrogens (tertiary/aromatic N) is 6. The molecule has 2 saturated heterocycles. The van der Waals surface area contributed by atoms with Gasteiger partial charge in [-0.25, -0.2) is 9.18 Å². The quantitative estimate of drug-likeness (QED) is 0.734. The Labute approximate surface area is 179 Å². The summed E-state index contributed by atoms with van der Waals surface area (Å²) < 4.78 is 20.2. The van der Waals surface area contributed by atoms with Crippen LogP contribution in [-0.4, -0.2) is 64.5 Å². The summed E-state index contributed by atoms with van der Waals surface area (Å²) in [6.45, 7) is 3.38. The van der Waals surface area contributed by atoms with Crippen molar-refractivity contribution in [3.63, 3.8) is 0 Å². The fourth-order valence-corrected chi connectivity index (χ4v) is 4.06. The summed E-state index contributed by atoms with van der Waals surface area (Å²) in [4.78, 5) is 28.1. The van der Waals surface area contributed by atoms with Crippen molar-refractivity contribution in [2.45, 2.75) is 32.3 Å². The number of rotatable bonds is 6. The van der Waals surface area contributed by atoms with E-state index in [2.05, 4.69) is 20.7 Å². The number of piperidine rings is 1. The van der Waals surface area contributed by atoms with Crippen molar-refractivity contribution in [1.82, 2.24) is 25.5 Å². The maximum absolute atomic E-state index is 14.9. The number of hydrogen-bond acceptors (Lipinski definition) is 7. The van der Waals surface area contributed by atoms with Crippen molar-refractivity contribution in [3.05, 3.63) is 29.8 Å². The zero-order chi connectivity index (χ0) is 22.0. The van der Waals surface area contributed by atoms with Crippen LogP contribution in [0.25, 0.3) is 0 Å². The number of anilines is 2. The van der Waals surface area contributed by atoms with E-state index < -0.39 is 12.2 Å². The average Bonchev–Trinajstić information content (AvgIpc) is 3.32. The molecule has 2 aliphatic rings. The maximum atomic E-state index is 14.9. The van der Waals surface area contributed by atoms with Crippen LogP contribution in [0.2, 0.25) is 0 Å². The van der Waals surface area contributed by atoms with E-state index in [1.165, 1.54) is 22.7 Å². The molecule has 0 spiro atoms. The van der Waals surface area contributed by atoms with Crippen LogP contribution >= 0.6 is 0 Å². The van der Waals surface area contributed by atoms with E-state index in [1.807, 2.05) is 4.90 Å². The van der Waals surface area contributed by atoms with Crippen LogP contribution in [0.5, 0.6) is 0 Å². The minimum atomic E-state index is -0.541. The average molecular weight is 431 g/mol. The first kappa shape index (κ1) is 21.0. The molecule has 31 heavy (non-hydrogen) atoms. The van der Waals surface area contributed by atoms with E-state index in [4.69, 9.17) is 4.74 Å². The second-order valence-corrected chi connectivity index (χ2v) is 8.02. The largest absolute Gasteiger partial charge is 0.442 e. The molecule has 0 saturated carbocycles. The highest BCUT2D eigenvalue weighted by Gasteiger charge is 2.33. The number of tetrazole rings is 1. The van der Waals surface area contributed by atoms with E-state index in [1.54, 1.807) is 19.2 Å². The molecule has 1 aromatic carbocycles. The fraction of sp³-hybridized carbons (Fsp3) is 0.550. The number of aryl methyl sites for hydroxylation is 1. The lowest BCUT2D eigenvalue weighted by molar-refractivity contribution is -0.119. The molecule has 3 heterocycles. The first-order chi connectivity index (χ1) is 14.9. The van der Waals surface area contributed by atoms with Gasteiger partial charge in [0.2, 0.25) is 5.91 Å². The van der Waals surface area contributed by atoms with Gasteiger partial charge in [0.15, 0.2) is 5.82 Å². The summed E-state index contributed by atoms with van der Waals surface area (Å²) >= 11 is 0. The Hall–Kier alpha value is -3.24. The Balaban J connectivity index is 1.35. The molecule has 1 unspecified atom stereocenters. The molecule has 166 valence electrons. The molecule has 0 radical (unpaired) electrons. The summed E-state index contributed by atoms with van der Waals surface area (Å²) in [5, 5.41) is 14.8. The molecule has 2 amide bonds. The lowest BCUT2D eigenvalue weighted by Gasteiger charge is -2.33. The second-order valence-electron chi connectivity index (χ2n) is 8.02. The summed E-state index contributed by atoms with van der Waals surface area (Å²) in [6, 6.07) is 4.81. The third-order valence-electron chi connectivity index (χ3n) is 5.67. The smallest absolute Gasteiger partial charge is 0.414 e. The molecular weight excluding hydrogens is 405 g/mol. The predicted molar refractivity (Wildman–Crippen MR) is 110 cm³/mol. The summed E-state index contributed by atoms with van der Waals surface area (Å²) in [7, 11) is 1.75. The third-order valence-corrected chi connectivity index (χ3v) is 5.67. The Bertz CT molecular complexity index is 958. The van der Waals surface area contributed by atoms with Gasteiger partial charge < -0.3 is 15.0 Å². The second kappa shape index (κ2) is 8.86. The minimum Gasteiger partial charge on any atom is -0.442 e. The molecule has 1 atom stereocenters. The van der Waals surface area contributed by atoms with E-state index >= 15 is 0 Å². The Morgan fingerprint density at radius 2 is 2.10 bits per heavy atom. The van der Waals surface area contributed by atoms with Crippen LogP contribution in [0.3, 0.4) is 0 Å². The predicted octanol–water partition coefficient (Wildman–Crippen LogP) is 1.27.